The summed E-state index contributed by atoms with van der Waals surface area (Å²) in [5.41, 5.74) is 3.59. The molecular formula is C13H26N6. The van der Waals surface area contributed by atoms with Crippen LogP contribution in [-0.4, -0.2) is 42.1 Å². The van der Waals surface area contributed by atoms with E-state index in [0.29, 0.717) is 5.82 Å². The van der Waals surface area contributed by atoms with Gasteiger partial charge in [-0.05, 0) is 40.4 Å². The minimum Gasteiger partial charge on any atom is -0.370 e. The quantitative estimate of drug-likeness (QED) is 0.375. The number of nitrogens with zero attached hydrogens (tertiary/aromatic N) is 3. The van der Waals surface area contributed by atoms with E-state index in [4.69, 9.17) is 5.84 Å². The fourth-order valence-electron chi connectivity index (χ4n) is 1.79. The minimum atomic E-state index is 0.697. The molecule has 0 aliphatic heterocycles. The van der Waals surface area contributed by atoms with Crippen LogP contribution in [0.4, 0.5) is 11.6 Å². The van der Waals surface area contributed by atoms with Crippen LogP contribution >= 0.6 is 0 Å². The number of nitrogens with two attached hydrogens (primary N) is 1. The Kier molecular flexibility index (Phi) is 6.52. The van der Waals surface area contributed by atoms with Gasteiger partial charge in [-0.25, -0.2) is 15.8 Å². The Morgan fingerprint density at radius 3 is 2.42 bits per heavy atom. The zero-order chi connectivity index (χ0) is 14.3. The van der Waals surface area contributed by atoms with E-state index in [-0.39, 0.29) is 0 Å². The molecule has 1 heterocycles. The maximum absolute atomic E-state index is 5.48. The third kappa shape index (κ3) is 5.00. The van der Waals surface area contributed by atoms with Crippen LogP contribution in [0.25, 0.3) is 0 Å². The molecule has 0 unspecified atom stereocenters. The van der Waals surface area contributed by atoms with Gasteiger partial charge < -0.3 is 15.6 Å². The number of hydrazine groups is 1. The lowest BCUT2D eigenvalue weighted by molar-refractivity contribution is 0.396. The predicted octanol–water partition coefficient (Wildman–Crippen LogP) is 1.39. The average molecular weight is 266 g/mol. The molecule has 19 heavy (non-hydrogen) atoms. The minimum absolute atomic E-state index is 0.697. The predicted molar refractivity (Wildman–Crippen MR) is 80.2 cm³/mol. The molecule has 6 heteroatoms. The molecule has 108 valence electrons. The number of unbranched alkanes of at least 4 members (excludes halogenated alkanes) is 1. The number of aromatic nitrogens is 2. The lowest BCUT2D eigenvalue weighted by Crippen LogP contribution is -2.16. The molecule has 0 radical (unpaired) electrons. The van der Waals surface area contributed by atoms with E-state index >= 15 is 0 Å². The maximum atomic E-state index is 5.48. The summed E-state index contributed by atoms with van der Waals surface area (Å²) in [4.78, 5) is 11.0. The first-order valence-electron chi connectivity index (χ1n) is 6.81. The van der Waals surface area contributed by atoms with E-state index in [0.717, 1.165) is 43.1 Å². The van der Waals surface area contributed by atoms with Crippen LogP contribution in [0.15, 0.2) is 0 Å². The van der Waals surface area contributed by atoms with Crippen molar-refractivity contribution in [2.45, 2.75) is 33.1 Å². The molecule has 0 saturated carbocycles. The van der Waals surface area contributed by atoms with Crippen LogP contribution in [0, 0.1) is 6.92 Å². The summed E-state index contributed by atoms with van der Waals surface area (Å²) in [6, 6.07) is 0. The zero-order valence-corrected chi connectivity index (χ0v) is 12.5. The SMILES string of the molecule is CCc1nc(NN)c(C)c(NCCCCN(C)C)n1. The van der Waals surface area contributed by atoms with Crippen LogP contribution in [0.5, 0.6) is 0 Å². The lowest BCUT2D eigenvalue weighted by Gasteiger charge is -2.13. The largest absolute Gasteiger partial charge is 0.370 e. The second-order valence-corrected chi connectivity index (χ2v) is 4.90. The first-order valence-corrected chi connectivity index (χ1v) is 6.81. The van der Waals surface area contributed by atoms with E-state index in [1.165, 1.54) is 6.42 Å². The molecule has 4 N–H and O–H groups in total. The van der Waals surface area contributed by atoms with E-state index < -0.39 is 0 Å². The Labute approximate surface area is 115 Å². The van der Waals surface area contributed by atoms with E-state index in [2.05, 4.69) is 39.7 Å². The Bertz CT molecular complexity index is 391. The van der Waals surface area contributed by atoms with Crippen molar-refractivity contribution in [1.29, 1.82) is 0 Å². The molecule has 1 aromatic heterocycles. The molecule has 0 saturated heterocycles. The molecule has 0 aromatic carbocycles. The molecule has 1 rings (SSSR count). The Hall–Kier alpha value is -1.40. The highest BCUT2D eigenvalue weighted by molar-refractivity contribution is 5.56. The molecule has 1 aromatic rings. The summed E-state index contributed by atoms with van der Waals surface area (Å²) >= 11 is 0. The standard InChI is InChI=1S/C13H26N6/c1-5-11-16-12(10(2)13(17-11)18-14)15-8-6-7-9-19(3)4/h5-9,14H2,1-4H3,(H2,15,16,17,18). The summed E-state index contributed by atoms with van der Waals surface area (Å²) in [6.07, 6.45) is 3.09. The fraction of sp³-hybridized carbons (Fsp3) is 0.692. The molecule has 0 atom stereocenters. The van der Waals surface area contributed by atoms with E-state index in [9.17, 15) is 0 Å². The number of hydrogen-bond donors (Lipinski definition) is 3. The Morgan fingerprint density at radius 1 is 1.16 bits per heavy atom. The normalized spacial score (nSPS) is 10.8. The molecule has 0 aliphatic carbocycles. The molecule has 0 bridgehead atoms. The van der Waals surface area contributed by atoms with Crippen molar-refractivity contribution < 1.29 is 0 Å². The van der Waals surface area contributed by atoms with Crippen molar-refractivity contribution in [3.8, 4) is 0 Å². The highest BCUT2D eigenvalue weighted by Gasteiger charge is 2.08. The van der Waals surface area contributed by atoms with Crippen LogP contribution < -0.4 is 16.6 Å². The van der Waals surface area contributed by atoms with Crippen molar-refractivity contribution in [3.05, 3.63) is 11.4 Å². The van der Waals surface area contributed by atoms with Crippen LogP contribution in [0.3, 0.4) is 0 Å². The maximum Gasteiger partial charge on any atom is 0.148 e. The lowest BCUT2D eigenvalue weighted by atomic mass is 10.2. The number of anilines is 2. The van der Waals surface area contributed by atoms with Gasteiger partial charge in [-0.1, -0.05) is 6.92 Å². The fourth-order valence-corrected chi connectivity index (χ4v) is 1.79. The average Bonchev–Trinajstić information content (AvgIpc) is 2.39. The van der Waals surface area contributed by atoms with E-state index in [1.54, 1.807) is 0 Å². The number of nitrogen functional groups attached to an aromatic ring is 1. The Balaban J connectivity index is 2.57. The summed E-state index contributed by atoms with van der Waals surface area (Å²) in [5.74, 6) is 7.86. The van der Waals surface area contributed by atoms with Gasteiger partial charge >= 0.3 is 0 Å². The second kappa shape index (κ2) is 7.91. The first kappa shape index (κ1) is 15.7. The topological polar surface area (TPSA) is 79.1 Å². The van der Waals surface area contributed by atoms with Gasteiger partial charge in [0.1, 0.15) is 17.5 Å². The third-order valence-electron chi connectivity index (χ3n) is 2.97. The van der Waals surface area contributed by atoms with Gasteiger partial charge in [-0.2, -0.15) is 0 Å². The van der Waals surface area contributed by atoms with Crippen molar-refractivity contribution in [2.75, 3.05) is 37.9 Å². The number of hydrogen-bond acceptors (Lipinski definition) is 6. The monoisotopic (exact) mass is 266 g/mol. The smallest absolute Gasteiger partial charge is 0.148 e. The van der Waals surface area contributed by atoms with Crippen molar-refractivity contribution in [3.63, 3.8) is 0 Å². The summed E-state index contributed by atoms with van der Waals surface area (Å²) in [7, 11) is 4.18. The van der Waals surface area contributed by atoms with E-state index in [1.807, 2.05) is 13.8 Å². The number of aryl methyl sites for hydroxylation is 1. The summed E-state index contributed by atoms with van der Waals surface area (Å²) < 4.78 is 0. The second-order valence-electron chi connectivity index (χ2n) is 4.90. The van der Waals surface area contributed by atoms with Crippen LogP contribution in [0.2, 0.25) is 0 Å². The van der Waals surface area contributed by atoms with Crippen LogP contribution in [-0.2, 0) is 6.42 Å². The highest BCUT2D eigenvalue weighted by Crippen LogP contribution is 2.19. The van der Waals surface area contributed by atoms with Gasteiger partial charge in [-0.3, -0.25) is 0 Å². The Morgan fingerprint density at radius 2 is 1.84 bits per heavy atom. The van der Waals surface area contributed by atoms with Gasteiger partial charge in [0, 0.05) is 18.5 Å². The molecule has 0 fully saturated rings. The van der Waals surface area contributed by atoms with Gasteiger partial charge in [0.2, 0.25) is 0 Å². The van der Waals surface area contributed by atoms with Gasteiger partial charge in [0.15, 0.2) is 0 Å². The molecule has 0 aliphatic rings. The van der Waals surface area contributed by atoms with Gasteiger partial charge in [0.25, 0.3) is 0 Å². The molecule has 6 nitrogen and oxygen atoms in total. The van der Waals surface area contributed by atoms with Gasteiger partial charge in [-0.15, -0.1) is 0 Å². The summed E-state index contributed by atoms with van der Waals surface area (Å²) in [6.45, 7) is 6.03. The number of rotatable bonds is 8. The van der Waals surface area contributed by atoms with Crippen molar-refractivity contribution >= 4 is 11.6 Å². The molecule has 0 amide bonds. The van der Waals surface area contributed by atoms with Gasteiger partial charge in [0.05, 0.1) is 0 Å². The highest BCUT2D eigenvalue weighted by atomic mass is 15.3. The molecular weight excluding hydrogens is 240 g/mol. The third-order valence-corrected chi connectivity index (χ3v) is 2.97. The zero-order valence-electron chi connectivity index (χ0n) is 12.5. The van der Waals surface area contributed by atoms with Crippen molar-refractivity contribution in [2.24, 2.45) is 5.84 Å². The molecule has 0 spiro atoms. The number of nitrogens with one attached hydrogen (secondary N) is 2. The summed E-state index contributed by atoms with van der Waals surface area (Å²) in [5, 5.41) is 3.37. The van der Waals surface area contributed by atoms with Crippen molar-refractivity contribution in [1.82, 2.24) is 14.9 Å². The first-order chi connectivity index (χ1) is 9.08. The van der Waals surface area contributed by atoms with Crippen LogP contribution in [0.1, 0.15) is 31.2 Å².